The molecule has 20 heavy (non-hydrogen) atoms. The standard InChI is InChI=1S/C14H18F3NO2/c1-4-12(13(19)20)18(3)9(2)10-7-5-6-8-11(10)14(15,16)17/h5-9,12H,4H2,1-3H3,(H,19,20). The maximum atomic E-state index is 13.0. The first-order chi connectivity index (χ1) is 9.20. The van der Waals surface area contributed by atoms with Crippen LogP contribution in [0.5, 0.6) is 0 Å². The summed E-state index contributed by atoms with van der Waals surface area (Å²) in [4.78, 5) is 12.6. The first-order valence-corrected chi connectivity index (χ1v) is 6.31. The van der Waals surface area contributed by atoms with Crippen LogP contribution in [0.4, 0.5) is 13.2 Å². The second kappa shape index (κ2) is 6.26. The number of hydrogen-bond acceptors (Lipinski definition) is 2. The molecule has 1 N–H and O–H groups in total. The van der Waals surface area contributed by atoms with Crippen molar-refractivity contribution < 1.29 is 23.1 Å². The lowest BCUT2D eigenvalue weighted by molar-refractivity contribution is -0.144. The number of nitrogens with zero attached hydrogens (tertiary/aromatic N) is 1. The molecule has 0 aliphatic heterocycles. The van der Waals surface area contributed by atoms with Gasteiger partial charge in [0.2, 0.25) is 0 Å². The van der Waals surface area contributed by atoms with Gasteiger partial charge in [-0.15, -0.1) is 0 Å². The summed E-state index contributed by atoms with van der Waals surface area (Å²) in [6.45, 7) is 3.27. The Balaban J connectivity index is 3.15. The molecule has 2 unspecified atom stereocenters. The molecule has 3 nitrogen and oxygen atoms in total. The van der Waals surface area contributed by atoms with Crippen molar-refractivity contribution in [3.05, 3.63) is 35.4 Å². The van der Waals surface area contributed by atoms with Crippen molar-refractivity contribution in [3.63, 3.8) is 0 Å². The van der Waals surface area contributed by atoms with Crippen LogP contribution in [0, 0.1) is 0 Å². The molecule has 0 bridgehead atoms. The van der Waals surface area contributed by atoms with Crippen LogP contribution in [-0.4, -0.2) is 29.1 Å². The molecule has 2 atom stereocenters. The Bertz CT molecular complexity index is 474. The molecule has 1 aromatic rings. The van der Waals surface area contributed by atoms with Gasteiger partial charge < -0.3 is 5.11 Å². The third-order valence-corrected chi connectivity index (χ3v) is 3.49. The monoisotopic (exact) mass is 289 g/mol. The van der Waals surface area contributed by atoms with E-state index in [0.29, 0.717) is 6.42 Å². The Morgan fingerprint density at radius 1 is 1.35 bits per heavy atom. The molecule has 6 heteroatoms. The highest BCUT2D eigenvalue weighted by Gasteiger charge is 2.36. The molecule has 0 aliphatic carbocycles. The fraction of sp³-hybridized carbons (Fsp3) is 0.500. The highest BCUT2D eigenvalue weighted by atomic mass is 19.4. The lowest BCUT2D eigenvalue weighted by atomic mass is 9.98. The van der Waals surface area contributed by atoms with Crippen LogP contribution in [0.3, 0.4) is 0 Å². The van der Waals surface area contributed by atoms with Crippen molar-refractivity contribution in [1.82, 2.24) is 4.90 Å². The van der Waals surface area contributed by atoms with E-state index in [9.17, 15) is 18.0 Å². The number of likely N-dealkylation sites (N-methyl/N-ethyl adjacent to an activating group) is 1. The van der Waals surface area contributed by atoms with Crippen molar-refractivity contribution in [1.29, 1.82) is 0 Å². The topological polar surface area (TPSA) is 40.5 Å². The summed E-state index contributed by atoms with van der Waals surface area (Å²) in [6, 6.07) is 3.80. The molecule has 0 saturated heterocycles. The molecular weight excluding hydrogens is 271 g/mol. The van der Waals surface area contributed by atoms with Gasteiger partial charge in [-0.05, 0) is 32.0 Å². The van der Waals surface area contributed by atoms with E-state index in [-0.39, 0.29) is 5.56 Å². The van der Waals surface area contributed by atoms with E-state index < -0.39 is 29.8 Å². The summed E-state index contributed by atoms with van der Waals surface area (Å²) in [5.74, 6) is -1.04. The minimum atomic E-state index is -4.45. The first kappa shape index (κ1) is 16.5. The van der Waals surface area contributed by atoms with E-state index in [1.165, 1.54) is 30.1 Å². The third-order valence-electron chi connectivity index (χ3n) is 3.49. The Hall–Kier alpha value is -1.56. The summed E-state index contributed by atoms with van der Waals surface area (Å²) in [7, 11) is 1.53. The second-order valence-corrected chi connectivity index (χ2v) is 4.69. The van der Waals surface area contributed by atoms with Crippen molar-refractivity contribution in [2.75, 3.05) is 7.05 Å². The van der Waals surface area contributed by atoms with Gasteiger partial charge in [-0.2, -0.15) is 13.2 Å². The molecule has 1 aromatic carbocycles. The number of carboxylic acid groups (broad SMARTS) is 1. The van der Waals surface area contributed by atoms with Gasteiger partial charge in [0.1, 0.15) is 6.04 Å². The summed E-state index contributed by atoms with van der Waals surface area (Å²) in [5.41, 5.74) is -0.637. The number of halogens is 3. The third kappa shape index (κ3) is 3.50. The number of alkyl halides is 3. The molecule has 112 valence electrons. The predicted octanol–water partition coefficient (Wildman–Crippen LogP) is 3.56. The van der Waals surface area contributed by atoms with Gasteiger partial charge in [0.05, 0.1) is 5.56 Å². The van der Waals surface area contributed by atoms with Crippen molar-refractivity contribution in [2.45, 2.75) is 38.5 Å². The highest BCUT2D eigenvalue weighted by Crippen LogP contribution is 2.36. The van der Waals surface area contributed by atoms with Crippen molar-refractivity contribution in [3.8, 4) is 0 Å². The van der Waals surface area contributed by atoms with Gasteiger partial charge in [0.15, 0.2) is 0 Å². The molecule has 0 aliphatic rings. The zero-order valence-electron chi connectivity index (χ0n) is 11.6. The largest absolute Gasteiger partial charge is 0.480 e. The van der Waals surface area contributed by atoms with E-state index in [1.807, 2.05) is 0 Å². The smallest absolute Gasteiger partial charge is 0.416 e. The number of hydrogen-bond donors (Lipinski definition) is 1. The Labute approximate surface area is 116 Å². The Kier molecular flexibility index (Phi) is 5.16. The van der Waals surface area contributed by atoms with E-state index >= 15 is 0 Å². The molecule has 0 saturated carbocycles. The number of rotatable bonds is 5. The zero-order chi connectivity index (χ0) is 15.5. The van der Waals surface area contributed by atoms with Crippen LogP contribution >= 0.6 is 0 Å². The number of carbonyl (C=O) groups is 1. The molecular formula is C14H18F3NO2. The van der Waals surface area contributed by atoms with Gasteiger partial charge in [-0.25, -0.2) is 0 Å². The highest BCUT2D eigenvalue weighted by molar-refractivity contribution is 5.73. The van der Waals surface area contributed by atoms with Gasteiger partial charge in [0.25, 0.3) is 0 Å². The maximum Gasteiger partial charge on any atom is 0.416 e. The van der Waals surface area contributed by atoms with Crippen LogP contribution in [0.1, 0.15) is 37.4 Å². The van der Waals surface area contributed by atoms with Crippen molar-refractivity contribution >= 4 is 5.97 Å². The van der Waals surface area contributed by atoms with Crippen LogP contribution in [0.2, 0.25) is 0 Å². The van der Waals surface area contributed by atoms with Crippen molar-refractivity contribution in [2.24, 2.45) is 0 Å². The summed E-state index contributed by atoms with van der Waals surface area (Å²) in [5, 5.41) is 9.10. The van der Waals surface area contributed by atoms with Gasteiger partial charge in [-0.1, -0.05) is 25.1 Å². The Morgan fingerprint density at radius 3 is 2.35 bits per heavy atom. The lowest BCUT2D eigenvalue weighted by Crippen LogP contribution is -2.40. The summed E-state index contributed by atoms with van der Waals surface area (Å²) >= 11 is 0. The number of carboxylic acids is 1. The normalized spacial score (nSPS) is 15.2. The van der Waals surface area contributed by atoms with E-state index in [4.69, 9.17) is 5.11 Å². The molecule has 0 fully saturated rings. The predicted molar refractivity (Wildman–Crippen MR) is 69.3 cm³/mol. The number of benzene rings is 1. The molecule has 1 rings (SSSR count). The molecule has 0 aromatic heterocycles. The van der Waals surface area contributed by atoms with Gasteiger partial charge >= 0.3 is 12.1 Å². The SMILES string of the molecule is CCC(C(=O)O)N(C)C(C)c1ccccc1C(F)(F)F. The minimum absolute atomic E-state index is 0.0854. The fourth-order valence-corrected chi connectivity index (χ4v) is 2.25. The van der Waals surface area contributed by atoms with Crippen LogP contribution in [-0.2, 0) is 11.0 Å². The Morgan fingerprint density at radius 2 is 1.90 bits per heavy atom. The summed E-state index contributed by atoms with van der Waals surface area (Å²) < 4.78 is 38.9. The van der Waals surface area contributed by atoms with Crippen LogP contribution in [0.25, 0.3) is 0 Å². The van der Waals surface area contributed by atoms with Crippen LogP contribution in [0.15, 0.2) is 24.3 Å². The molecule has 0 amide bonds. The van der Waals surface area contributed by atoms with E-state index in [2.05, 4.69) is 0 Å². The van der Waals surface area contributed by atoms with Gasteiger partial charge in [0, 0.05) is 6.04 Å². The first-order valence-electron chi connectivity index (χ1n) is 6.31. The van der Waals surface area contributed by atoms with E-state index in [1.54, 1.807) is 13.8 Å². The quantitative estimate of drug-likeness (QED) is 0.901. The lowest BCUT2D eigenvalue weighted by Gasteiger charge is -2.31. The summed E-state index contributed by atoms with van der Waals surface area (Å²) in [6.07, 6.45) is -4.12. The molecule has 0 radical (unpaired) electrons. The average molecular weight is 289 g/mol. The van der Waals surface area contributed by atoms with Gasteiger partial charge in [-0.3, -0.25) is 9.69 Å². The molecule has 0 heterocycles. The van der Waals surface area contributed by atoms with E-state index in [0.717, 1.165) is 6.07 Å². The average Bonchev–Trinajstić information content (AvgIpc) is 2.37. The van der Waals surface area contributed by atoms with Crippen LogP contribution < -0.4 is 0 Å². The maximum absolute atomic E-state index is 13.0. The number of aliphatic carboxylic acids is 1. The molecule has 0 spiro atoms. The minimum Gasteiger partial charge on any atom is -0.480 e. The fourth-order valence-electron chi connectivity index (χ4n) is 2.25. The second-order valence-electron chi connectivity index (χ2n) is 4.69. The zero-order valence-corrected chi connectivity index (χ0v) is 11.6.